The predicted molar refractivity (Wildman–Crippen MR) is 127 cm³/mol. The number of pyridine rings is 1. The molecule has 1 heterocycles. The summed E-state index contributed by atoms with van der Waals surface area (Å²) in [6.07, 6.45) is 0.456. The topological polar surface area (TPSA) is 59.4 Å². The number of fused-ring (bicyclic) bond motifs is 4. The zero-order chi connectivity index (χ0) is 25.2. The van der Waals surface area contributed by atoms with Gasteiger partial charge >= 0.3 is 12.1 Å². The molecule has 1 unspecified atom stereocenters. The van der Waals surface area contributed by atoms with Gasteiger partial charge in [0.05, 0.1) is 11.5 Å². The second-order valence-corrected chi connectivity index (χ2v) is 10.2. The van der Waals surface area contributed by atoms with E-state index < -0.39 is 17.7 Å². The van der Waals surface area contributed by atoms with Crippen molar-refractivity contribution in [1.29, 1.82) is 0 Å². The third kappa shape index (κ3) is 3.76. The van der Waals surface area contributed by atoms with Crippen molar-refractivity contribution in [2.75, 3.05) is 0 Å². The highest BCUT2D eigenvalue weighted by Crippen LogP contribution is 2.61. The molecule has 0 aliphatic heterocycles. The Morgan fingerprint density at radius 1 is 1.14 bits per heavy atom. The molecule has 0 amide bonds. The second kappa shape index (κ2) is 8.36. The Hall–Kier alpha value is -3.35. The number of carboxylic acids is 1. The van der Waals surface area contributed by atoms with Crippen LogP contribution in [0.4, 0.5) is 13.2 Å². The van der Waals surface area contributed by atoms with Crippen LogP contribution in [0.25, 0.3) is 0 Å². The van der Waals surface area contributed by atoms with E-state index in [-0.39, 0.29) is 30.3 Å². The van der Waals surface area contributed by atoms with Gasteiger partial charge in [0.2, 0.25) is 5.88 Å². The summed E-state index contributed by atoms with van der Waals surface area (Å²) in [4.78, 5) is 15.7. The van der Waals surface area contributed by atoms with Crippen molar-refractivity contribution in [3.05, 3.63) is 93.2 Å². The molecule has 2 aromatic carbocycles. The van der Waals surface area contributed by atoms with E-state index in [1.54, 1.807) is 18.3 Å². The standard InChI is InChI=1S/C29H26F3NO3/c1-15-17(14-36-24-12-18-11-21-26(22(18)13-33-24)27(21)28(34)35)10-9-16-5-4-7-20(25(15)16)19-6-2-3-8-23(19)29(30,31)32/h2-3,6,8-10,12-13,20-21,26-27H,4-5,7,11,14H2,1H3,(H,34,35)/t20?,21-,26-,27+/m1/s1. The third-order valence-corrected chi connectivity index (χ3v) is 8.29. The van der Waals surface area contributed by atoms with Gasteiger partial charge in [-0.3, -0.25) is 4.79 Å². The molecule has 0 bridgehead atoms. The molecule has 1 N–H and O–H groups in total. The van der Waals surface area contributed by atoms with Gasteiger partial charge in [-0.1, -0.05) is 30.3 Å². The normalized spacial score (nSPS) is 24.0. The molecule has 3 aromatic rings. The summed E-state index contributed by atoms with van der Waals surface area (Å²) in [6.45, 7) is 2.24. The molecule has 3 aliphatic carbocycles. The molecule has 7 heteroatoms. The van der Waals surface area contributed by atoms with Crippen molar-refractivity contribution in [3.8, 4) is 5.88 Å². The minimum absolute atomic E-state index is 0.0680. The van der Waals surface area contributed by atoms with Crippen LogP contribution in [0.5, 0.6) is 5.88 Å². The lowest BCUT2D eigenvalue weighted by atomic mass is 9.75. The number of halogens is 3. The van der Waals surface area contributed by atoms with Crippen LogP contribution in [0.2, 0.25) is 0 Å². The summed E-state index contributed by atoms with van der Waals surface area (Å²) in [7, 11) is 0. The molecular weight excluding hydrogens is 467 g/mol. The molecule has 0 saturated heterocycles. The predicted octanol–water partition coefficient (Wildman–Crippen LogP) is 6.43. The maximum Gasteiger partial charge on any atom is 0.416 e. The molecule has 6 rings (SSSR count). The number of carbonyl (C=O) groups is 1. The van der Waals surface area contributed by atoms with Crippen molar-refractivity contribution in [2.24, 2.45) is 11.8 Å². The van der Waals surface area contributed by atoms with E-state index in [0.29, 0.717) is 17.9 Å². The number of aromatic nitrogens is 1. The fraction of sp³-hybridized carbons (Fsp3) is 0.379. The van der Waals surface area contributed by atoms with E-state index in [1.165, 1.54) is 12.1 Å². The maximum atomic E-state index is 13.8. The van der Waals surface area contributed by atoms with Gasteiger partial charge in [0.25, 0.3) is 0 Å². The van der Waals surface area contributed by atoms with E-state index in [1.807, 2.05) is 25.1 Å². The molecule has 1 fully saturated rings. The number of aryl methyl sites for hydroxylation is 1. The van der Waals surface area contributed by atoms with Crippen LogP contribution < -0.4 is 4.74 Å². The zero-order valence-corrected chi connectivity index (χ0v) is 19.8. The molecule has 0 radical (unpaired) electrons. The second-order valence-electron chi connectivity index (χ2n) is 10.2. The maximum absolute atomic E-state index is 13.8. The van der Waals surface area contributed by atoms with Gasteiger partial charge in [-0.25, -0.2) is 4.98 Å². The molecule has 0 spiro atoms. The van der Waals surface area contributed by atoms with Gasteiger partial charge in [0.1, 0.15) is 6.61 Å². The lowest BCUT2D eigenvalue weighted by Crippen LogP contribution is -2.18. The van der Waals surface area contributed by atoms with Crippen molar-refractivity contribution >= 4 is 5.97 Å². The third-order valence-electron chi connectivity index (χ3n) is 8.29. The molecule has 4 atom stereocenters. The van der Waals surface area contributed by atoms with Crippen molar-refractivity contribution in [2.45, 2.75) is 57.2 Å². The van der Waals surface area contributed by atoms with Crippen LogP contribution in [-0.2, 0) is 30.4 Å². The summed E-state index contributed by atoms with van der Waals surface area (Å²) in [5.41, 5.74) is 5.88. The van der Waals surface area contributed by atoms with Gasteiger partial charge in [-0.2, -0.15) is 13.2 Å². The summed E-state index contributed by atoms with van der Waals surface area (Å²) in [5.74, 6) is -0.626. The van der Waals surface area contributed by atoms with E-state index >= 15 is 0 Å². The first kappa shape index (κ1) is 23.1. The number of alkyl halides is 3. The lowest BCUT2D eigenvalue weighted by Gasteiger charge is -2.30. The molecule has 4 nitrogen and oxygen atoms in total. The number of rotatable bonds is 5. The fourth-order valence-corrected chi connectivity index (χ4v) is 6.54. The monoisotopic (exact) mass is 493 g/mol. The number of hydrogen-bond donors (Lipinski definition) is 1. The fourth-order valence-electron chi connectivity index (χ4n) is 6.54. The van der Waals surface area contributed by atoms with Crippen LogP contribution in [0.1, 0.15) is 69.2 Å². The minimum atomic E-state index is -4.40. The van der Waals surface area contributed by atoms with Crippen molar-refractivity contribution in [3.63, 3.8) is 0 Å². The van der Waals surface area contributed by atoms with Gasteiger partial charge in [-0.05, 0) is 83.5 Å². The van der Waals surface area contributed by atoms with E-state index in [0.717, 1.165) is 52.6 Å². The summed E-state index contributed by atoms with van der Waals surface area (Å²) >= 11 is 0. The highest BCUT2D eigenvalue weighted by atomic mass is 19.4. The Kier molecular flexibility index (Phi) is 5.36. The van der Waals surface area contributed by atoms with Gasteiger partial charge in [-0.15, -0.1) is 0 Å². The van der Waals surface area contributed by atoms with Gasteiger partial charge in [0, 0.05) is 24.1 Å². The molecule has 1 saturated carbocycles. The summed E-state index contributed by atoms with van der Waals surface area (Å²) < 4.78 is 47.4. The molecule has 36 heavy (non-hydrogen) atoms. The first-order valence-electron chi connectivity index (χ1n) is 12.4. The Labute approximate surface area is 207 Å². The first-order chi connectivity index (χ1) is 17.2. The van der Waals surface area contributed by atoms with Gasteiger partial charge < -0.3 is 9.84 Å². The quantitative estimate of drug-likeness (QED) is 0.445. The largest absolute Gasteiger partial charge is 0.481 e. The number of aliphatic carboxylic acids is 1. The molecule has 3 aliphatic rings. The number of nitrogens with zero attached hydrogens (tertiary/aromatic N) is 1. The molecular formula is C29H26F3NO3. The van der Waals surface area contributed by atoms with Crippen LogP contribution in [0.15, 0.2) is 48.7 Å². The van der Waals surface area contributed by atoms with Crippen molar-refractivity contribution < 1.29 is 27.8 Å². The smallest absolute Gasteiger partial charge is 0.416 e. The number of hydrogen-bond acceptors (Lipinski definition) is 3. The van der Waals surface area contributed by atoms with Crippen molar-refractivity contribution in [1.82, 2.24) is 4.98 Å². The average Bonchev–Trinajstić information content (AvgIpc) is 3.45. The van der Waals surface area contributed by atoms with Crippen LogP contribution in [0.3, 0.4) is 0 Å². The van der Waals surface area contributed by atoms with E-state index in [2.05, 4.69) is 4.98 Å². The number of benzene rings is 2. The highest BCUT2D eigenvalue weighted by molar-refractivity contribution is 5.77. The number of carboxylic acid groups (broad SMARTS) is 1. The Bertz CT molecular complexity index is 1370. The minimum Gasteiger partial charge on any atom is -0.481 e. The van der Waals surface area contributed by atoms with Crippen LogP contribution >= 0.6 is 0 Å². The SMILES string of the molecule is Cc1c(COc2cc3c(cn2)[C@H]2[C@@H](C3)[C@@H]2C(=O)O)ccc2c1C(c1ccccc1C(F)(F)F)CCC2. The lowest BCUT2D eigenvalue weighted by molar-refractivity contribution is -0.139. The highest BCUT2D eigenvalue weighted by Gasteiger charge is 2.60. The molecule has 1 aromatic heterocycles. The van der Waals surface area contributed by atoms with E-state index in [9.17, 15) is 23.1 Å². The van der Waals surface area contributed by atoms with Gasteiger partial charge in [0.15, 0.2) is 0 Å². The number of ether oxygens (including phenoxy) is 1. The Morgan fingerprint density at radius 2 is 1.94 bits per heavy atom. The molecule has 186 valence electrons. The summed E-state index contributed by atoms with van der Waals surface area (Å²) in [6, 6.07) is 11.8. The Morgan fingerprint density at radius 3 is 2.72 bits per heavy atom. The zero-order valence-electron chi connectivity index (χ0n) is 19.8. The average molecular weight is 494 g/mol. The first-order valence-corrected chi connectivity index (χ1v) is 12.4. The van der Waals surface area contributed by atoms with Crippen LogP contribution in [0, 0.1) is 18.8 Å². The van der Waals surface area contributed by atoms with Crippen LogP contribution in [-0.4, -0.2) is 16.1 Å². The van der Waals surface area contributed by atoms with E-state index in [4.69, 9.17) is 4.74 Å². The Balaban J connectivity index is 1.26. The summed E-state index contributed by atoms with van der Waals surface area (Å²) in [5, 5.41) is 9.31.